The lowest BCUT2D eigenvalue weighted by atomic mass is 9.81. The maximum atomic E-state index is 2.45. The van der Waals surface area contributed by atoms with E-state index < -0.39 is 0 Å². The number of fused-ring (bicyclic) bond motifs is 7. The summed E-state index contributed by atoms with van der Waals surface area (Å²) in [6.07, 6.45) is 0. The van der Waals surface area contributed by atoms with Gasteiger partial charge in [0, 0.05) is 22.2 Å². The molecular weight excluding hydrogens is 579 g/mol. The van der Waals surface area contributed by atoms with E-state index >= 15 is 0 Å². The largest absolute Gasteiger partial charge is 0.310 e. The number of hydrogen-bond donors (Lipinski definition) is 0. The Bertz CT molecular complexity index is 2580. The smallest absolute Gasteiger partial charge is 0.0540 e. The summed E-state index contributed by atoms with van der Waals surface area (Å²) in [6, 6.07) is 60.7. The fourth-order valence-electron chi connectivity index (χ4n) is 8.44. The predicted octanol–water partition coefficient (Wildman–Crippen LogP) is 13.1. The number of nitrogens with zero attached hydrogens (tertiary/aromatic N) is 1. The molecule has 0 fully saturated rings. The van der Waals surface area contributed by atoms with Crippen LogP contribution in [0.5, 0.6) is 0 Å². The molecule has 226 valence electrons. The summed E-state index contributed by atoms with van der Waals surface area (Å²) >= 11 is 0. The molecule has 1 heteroatoms. The minimum absolute atomic E-state index is 0.0428. The summed E-state index contributed by atoms with van der Waals surface area (Å²) in [6.45, 7) is 4.71. The predicted molar refractivity (Wildman–Crippen MR) is 204 cm³/mol. The van der Waals surface area contributed by atoms with Crippen molar-refractivity contribution in [1.29, 1.82) is 0 Å². The first kappa shape index (κ1) is 27.2. The van der Waals surface area contributed by atoms with Gasteiger partial charge in [-0.05, 0) is 108 Å². The van der Waals surface area contributed by atoms with Gasteiger partial charge in [0.1, 0.15) is 0 Å². The van der Waals surface area contributed by atoms with Crippen molar-refractivity contribution in [2.75, 3.05) is 4.90 Å². The van der Waals surface area contributed by atoms with Crippen LogP contribution in [0, 0.1) is 0 Å². The topological polar surface area (TPSA) is 3.24 Å². The lowest BCUT2D eigenvalue weighted by Gasteiger charge is -2.28. The second-order valence-electron chi connectivity index (χ2n) is 13.8. The van der Waals surface area contributed by atoms with Crippen molar-refractivity contribution in [3.8, 4) is 44.5 Å². The minimum Gasteiger partial charge on any atom is -0.310 e. The molecule has 0 saturated carbocycles. The van der Waals surface area contributed by atoms with Crippen molar-refractivity contribution in [2.24, 2.45) is 0 Å². The van der Waals surface area contributed by atoms with Gasteiger partial charge in [-0.2, -0.15) is 0 Å². The van der Waals surface area contributed by atoms with Gasteiger partial charge < -0.3 is 4.90 Å². The molecule has 8 aromatic carbocycles. The molecule has 0 unspecified atom stereocenters. The standard InChI is InChI=1S/C47H33N/c1-47(2)43-20-8-7-17-38(43)39-24-22-33(29-44(39)47)32-13-9-14-34(28-32)48(35-23-21-30-11-3-4-12-31(30)27-35)45-26-25-41-37-16-6-5-15-36(37)40-18-10-19-42(45)46(40)41/h3-29H,1-2H3. The molecule has 1 nitrogen and oxygen atoms in total. The average molecular weight is 612 g/mol. The van der Waals surface area contributed by atoms with E-state index in [1.54, 1.807) is 0 Å². The highest BCUT2D eigenvalue weighted by molar-refractivity contribution is 6.19. The molecule has 8 aromatic rings. The van der Waals surface area contributed by atoms with Crippen LogP contribution in [0.15, 0.2) is 164 Å². The number of anilines is 3. The molecule has 0 amide bonds. The van der Waals surface area contributed by atoms with Crippen LogP contribution in [0.25, 0.3) is 66.1 Å². The first-order valence-corrected chi connectivity index (χ1v) is 16.9. The van der Waals surface area contributed by atoms with Gasteiger partial charge in [0.25, 0.3) is 0 Å². The van der Waals surface area contributed by atoms with E-state index in [0.29, 0.717) is 0 Å². The second kappa shape index (κ2) is 10.0. The SMILES string of the molecule is CC1(C)c2ccccc2-c2ccc(-c3cccc(N(c4ccc5ccccc5c4)c4ccc5c6c(cccc46)-c4ccccc4-5)c3)cc21. The molecule has 0 atom stereocenters. The van der Waals surface area contributed by atoms with Crippen molar-refractivity contribution in [2.45, 2.75) is 19.3 Å². The number of benzene rings is 8. The van der Waals surface area contributed by atoms with Crippen LogP contribution in [0.2, 0.25) is 0 Å². The van der Waals surface area contributed by atoms with Gasteiger partial charge in [0.15, 0.2) is 0 Å². The van der Waals surface area contributed by atoms with Crippen LogP contribution in [-0.2, 0) is 5.41 Å². The van der Waals surface area contributed by atoms with Gasteiger partial charge in [-0.25, -0.2) is 0 Å². The van der Waals surface area contributed by atoms with Crippen molar-refractivity contribution >= 4 is 38.6 Å². The maximum absolute atomic E-state index is 2.45. The van der Waals surface area contributed by atoms with Crippen molar-refractivity contribution in [1.82, 2.24) is 0 Å². The number of hydrogen-bond acceptors (Lipinski definition) is 1. The molecule has 0 aromatic heterocycles. The Balaban J connectivity index is 1.17. The summed E-state index contributed by atoms with van der Waals surface area (Å²) in [5.74, 6) is 0. The van der Waals surface area contributed by atoms with E-state index in [0.717, 1.165) is 11.4 Å². The molecule has 0 saturated heterocycles. The molecule has 48 heavy (non-hydrogen) atoms. The van der Waals surface area contributed by atoms with Gasteiger partial charge in [-0.3, -0.25) is 0 Å². The highest BCUT2D eigenvalue weighted by atomic mass is 15.1. The van der Waals surface area contributed by atoms with Crippen LogP contribution in [0.1, 0.15) is 25.0 Å². The first-order chi connectivity index (χ1) is 23.6. The van der Waals surface area contributed by atoms with E-state index in [-0.39, 0.29) is 5.41 Å². The zero-order chi connectivity index (χ0) is 32.0. The molecule has 0 bridgehead atoms. The van der Waals surface area contributed by atoms with E-state index in [1.807, 2.05) is 0 Å². The van der Waals surface area contributed by atoms with Crippen LogP contribution in [-0.4, -0.2) is 0 Å². The highest BCUT2D eigenvalue weighted by Gasteiger charge is 2.35. The molecule has 0 N–H and O–H groups in total. The van der Waals surface area contributed by atoms with Crippen LogP contribution >= 0.6 is 0 Å². The zero-order valence-corrected chi connectivity index (χ0v) is 27.0. The number of rotatable bonds is 4. The first-order valence-electron chi connectivity index (χ1n) is 16.9. The van der Waals surface area contributed by atoms with Crippen molar-refractivity contribution in [3.05, 3.63) is 175 Å². The summed E-state index contributed by atoms with van der Waals surface area (Å²) in [7, 11) is 0. The summed E-state index contributed by atoms with van der Waals surface area (Å²) in [5.41, 5.74) is 16.6. The third kappa shape index (κ3) is 3.85. The molecule has 10 rings (SSSR count). The molecule has 0 spiro atoms. The van der Waals surface area contributed by atoms with Crippen LogP contribution < -0.4 is 4.90 Å². The van der Waals surface area contributed by atoms with Gasteiger partial charge in [0.2, 0.25) is 0 Å². The van der Waals surface area contributed by atoms with Crippen molar-refractivity contribution < 1.29 is 0 Å². The Morgan fingerprint density at radius 2 is 1.02 bits per heavy atom. The molecule has 0 aliphatic heterocycles. The second-order valence-corrected chi connectivity index (χ2v) is 13.8. The van der Waals surface area contributed by atoms with E-state index in [9.17, 15) is 0 Å². The Labute approximate surface area is 281 Å². The molecule has 0 heterocycles. The third-order valence-electron chi connectivity index (χ3n) is 10.8. The lowest BCUT2D eigenvalue weighted by Crippen LogP contribution is -2.14. The van der Waals surface area contributed by atoms with Crippen LogP contribution in [0.4, 0.5) is 17.1 Å². The highest BCUT2D eigenvalue weighted by Crippen LogP contribution is 2.52. The quantitative estimate of drug-likeness (QED) is 0.191. The average Bonchev–Trinajstić information content (AvgIpc) is 3.58. The minimum atomic E-state index is -0.0428. The fraction of sp³-hybridized carbons (Fsp3) is 0.0638. The lowest BCUT2D eigenvalue weighted by molar-refractivity contribution is 0.660. The molecule has 0 radical (unpaired) electrons. The van der Waals surface area contributed by atoms with Crippen LogP contribution in [0.3, 0.4) is 0 Å². The van der Waals surface area contributed by atoms with Crippen molar-refractivity contribution in [3.63, 3.8) is 0 Å². The third-order valence-corrected chi connectivity index (χ3v) is 10.8. The van der Waals surface area contributed by atoms with E-state index in [2.05, 4.69) is 183 Å². The van der Waals surface area contributed by atoms with Gasteiger partial charge in [-0.15, -0.1) is 0 Å². The fourth-order valence-corrected chi connectivity index (χ4v) is 8.44. The Hall–Kier alpha value is -5.92. The maximum Gasteiger partial charge on any atom is 0.0540 e. The van der Waals surface area contributed by atoms with E-state index in [1.165, 1.54) is 82.9 Å². The monoisotopic (exact) mass is 611 g/mol. The normalized spacial score (nSPS) is 13.4. The summed E-state index contributed by atoms with van der Waals surface area (Å²) in [5, 5.41) is 5.07. The zero-order valence-electron chi connectivity index (χ0n) is 27.0. The molecular formula is C47H33N. The Morgan fingerprint density at radius 1 is 0.396 bits per heavy atom. The van der Waals surface area contributed by atoms with Gasteiger partial charge in [-0.1, -0.05) is 141 Å². The van der Waals surface area contributed by atoms with Gasteiger partial charge >= 0.3 is 0 Å². The molecule has 2 aliphatic rings. The molecule has 2 aliphatic carbocycles. The van der Waals surface area contributed by atoms with E-state index in [4.69, 9.17) is 0 Å². The summed E-state index contributed by atoms with van der Waals surface area (Å²) < 4.78 is 0. The Kier molecular flexibility index (Phi) is 5.69. The summed E-state index contributed by atoms with van der Waals surface area (Å²) in [4.78, 5) is 2.45. The Morgan fingerprint density at radius 3 is 1.88 bits per heavy atom. The van der Waals surface area contributed by atoms with Gasteiger partial charge in [0.05, 0.1) is 5.69 Å².